The number of carbonyl (C=O) groups is 1. The highest BCUT2D eigenvalue weighted by atomic mass is 19.3. The third-order valence-corrected chi connectivity index (χ3v) is 1.96. The minimum absolute atomic E-state index is 0.0245. The molecule has 0 amide bonds. The number of rotatable bonds is 2. The van der Waals surface area contributed by atoms with Crippen LogP contribution in [0.25, 0.3) is 0 Å². The Balaban J connectivity index is 3.41. The molecule has 1 aromatic rings. The lowest BCUT2D eigenvalue weighted by Gasteiger charge is -2.08. The van der Waals surface area contributed by atoms with Crippen LogP contribution in [0.2, 0.25) is 0 Å². The van der Waals surface area contributed by atoms with Crippen LogP contribution in [0.4, 0.5) is 8.78 Å². The molecular formula is C9H9F2NO3. The van der Waals surface area contributed by atoms with Crippen LogP contribution in [0.15, 0.2) is 10.9 Å². The van der Waals surface area contributed by atoms with Gasteiger partial charge in [0.1, 0.15) is 0 Å². The molecular weight excluding hydrogens is 208 g/mol. The van der Waals surface area contributed by atoms with E-state index in [1.54, 1.807) is 0 Å². The Morgan fingerprint density at radius 1 is 1.53 bits per heavy atom. The molecule has 0 unspecified atom stereocenters. The molecule has 1 N–H and O–H groups in total. The minimum atomic E-state index is -2.83. The second-order valence-electron chi connectivity index (χ2n) is 2.88. The van der Waals surface area contributed by atoms with E-state index in [0.717, 1.165) is 13.2 Å². The van der Waals surface area contributed by atoms with E-state index in [-0.39, 0.29) is 11.1 Å². The average Bonchev–Trinajstić information content (AvgIpc) is 2.19. The Labute approximate surface area is 83.9 Å². The molecule has 0 fully saturated rings. The van der Waals surface area contributed by atoms with Gasteiger partial charge in [-0.2, -0.15) is 0 Å². The molecule has 0 aliphatic rings. The van der Waals surface area contributed by atoms with Gasteiger partial charge in [-0.05, 0) is 12.5 Å². The second kappa shape index (κ2) is 4.20. The van der Waals surface area contributed by atoms with Gasteiger partial charge >= 0.3 is 5.97 Å². The van der Waals surface area contributed by atoms with Gasteiger partial charge in [0, 0.05) is 6.07 Å². The molecule has 0 saturated heterocycles. The quantitative estimate of drug-likeness (QED) is 0.762. The first-order chi connectivity index (χ1) is 6.97. The molecule has 0 atom stereocenters. The fourth-order valence-electron chi connectivity index (χ4n) is 1.19. The Kier molecular flexibility index (Phi) is 3.18. The molecule has 0 bridgehead atoms. The number of hydrogen-bond donors (Lipinski definition) is 1. The maximum Gasteiger partial charge on any atom is 0.338 e. The number of methoxy groups -OCH3 is 1. The lowest BCUT2D eigenvalue weighted by molar-refractivity contribution is 0.0598. The number of aromatic amines is 1. The first kappa shape index (κ1) is 11.4. The van der Waals surface area contributed by atoms with E-state index in [1.807, 2.05) is 4.98 Å². The summed E-state index contributed by atoms with van der Waals surface area (Å²) in [6.45, 7) is 1.32. The first-order valence-corrected chi connectivity index (χ1v) is 4.07. The summed E-state index contributed by atoms with van der Waals surface area (Å²) in [4.78, 5) is 24.1. The number of pyridine rings is 1. The molecule has 4 nitrogen and oxygen atoms in total. The molecule has 0 saturated carbocycles. The SMILES string of the molecule is COC(=O)c1cc(=O)[nH]c(C(F)F)c1C. The summed E-state index contributed by atoms with van der Waals surface area (Å²) < 4.78 is 29.2. The zero-order valence-corrected chi connectivity index (χ0v) is 8.14. The fraction of sp³-hybridized carbons (Fsp3) is 0.333. The van der Waals surface area contributed by atoms with Crippen molar-refractivity contribution in [1.82, 2.24) is 4.98 Å². The largest absolute Gasteiger partial charge is 0.465 e. The van der Waals surface area contributed by atoms with Crippen LogP contribution >= 0.6 is 0 Å². The van der Waals surface area contributed by atoms with Crippen LogP contribution in [0.1, 0.15) is 28.0 Å². The van der Waals surface area contributed by atoms with Crippen molar-refractivity contribution < 1.29 is 18.3 Å². The van der Waals surface area contributed by atoms with Gasteiger partial charge in [0.15, 0.2) is 0 Å². The molecule has 0 aliphatic carbocycles. The van der Waals surface area contributed by atoms with Crippen molar-refractivity contribution in [2.24, 2.45) is 0 Å². The number of halogens is 2. The molecule has 0 spiro atoms. The number of ether oxygens (including phenoxy) is 1. The van der Waals surface area contributed by atoms with Gasteiger partial charge in [0.05, 0.1) is 18.4 Å². The summed E-state index contributed by atoms with van der Waals surface area (Å²) in [5.74, 6) is -0.805. The van der Waals surface area contributed by atoms with Crippen molar-refractivity contribution >= 4 is 5.97 Å². The topological polar surface area (TPSA) is 59.2 Å². The van der Waals surface area contributed by atoms with Gasteiger partial charge < -0.3 is 9.72 Å². The highest BCUT2D eigenvalue weighted by Crippen LogP contribution is 2.21. The van der Waals surface area contributed by atoms with E-state index in [1.165, 1.54) is 6.92 Å². The average molecular weight is 217 g/mol. The lowest BCUT2D eigenvalue weighted by atomic mass is 10.1. The maximum atomic E-state index is 12.4. The Morgan fingerprint density at radius 3 is 2.60 bits per heavy atom. The van der Waals surface area contributed by atoms with Crippen molar-refractivity contribution in [1.29, 1.82) is 0 Å². The van der Waals surface area contributed by atoms with Crippen LogP contribution in [0, 0.1) is 6.92 Å². The summed E-state index contributed by atoms with van der Waals surface area (Å²) in [6, 6.07) is 0.938. The van der Waals surface area contributed by atoms with Gasteiger partial charge in [0.2, 0.25) is 5.56 Å². The van der Waals surface area contributed by atoms with Crippen LogP contribution in [-0.2, 0) is 4.74 Å². The van der Waals surface area contributed by atoms with Crippen molar-refractivity contribution in [2.45, 2.75) is 13.3 Å². The molecule has 1 aromatic heterocycles. The summed E-state index contributed by atoms with van der Waals surface area (Å²) in [5.41, 5.74) is -1.42. The predicted molar refractivity (Wildman–Crippen MR) is 48.1 cm³/mol. The van der Waals surface area contributed by atoms with E-state index in [9.17, 15) is 18.4 Å². The second-order valence-corrected chi connectivity index (χ2v) is 2.88. The van der Waals surface area contributed by atoms with Crippen LogP contribution in [0.3, 0.4) is 0 Å². The standard InChI is InChI=1S/C9H9F2NO3/c1-4-5(9(14)15-2)3-6(13)12-7(4)8(10)11/h3,8H,1-2H3,(H,12,13). The van der Waals surface area contributed by atoms with Gasteiger partial charge in [-0.1, -0.05) is 0 Å². The van der Waals surface area contributed by atoms with Gasteiger partial charge in [-0.25, -0.2) is 13.6 Å². The number of esters is 1. The van der Waals surface area contributed by atoms with Crippen LogP contribution in [-0.4, -0.2) is 18.1 Å². The minimum Gasteiger partial charge on any atom is -0.465 e. The van der Waals surface area contributed by atoms with E-state index in [2.05, 4.69) is 4.74 Å². The van der Waals surface area contributed by atoms with E-state index in [4.69, 9.17) is 0 Å². The van der Waals surface area contributed by atoms with Crippen molar-refractivity contribution in [3.8, 4) is 0 Å². The van der Waals surface area contributed by atoms with Gasteiger partial charge in [0.25, 0.3) is 6.43 Å². The van der Waals surface area contributed by atoms with Crippen molar-refractivity contribution in [3.63, 3.8) is 0 Å². The van der Waals surface area contributed by atoms with Gasteiger partial charge in [-0.3, -0.25) is 4.79 Å². The molecule has 0 aliphatic heterocycles. The van der Waals surface area contributed by atoms with E-state index in [0.29, 0.717) is 0 Å². The Hall–Kier alpha value is -1.72. The predicted octanol–water partition coefficient (Wildman–Crippen LogP) is 1.41. The van der Waals surface area contributed by atoms with E-state index < -0.39 is 23.6 Å². The summed E-state index contributed by atoms with van der Waals surface area (Å²) >= 11 is 0. The van der Waals surface area contributed by atoms with Gasteiger partial charge in [-0.15, -0.1) is 0 Å². The number of aromatic nitrogens is 1. The number of carbonyl (C=O) groups excluding carboxylic acids is 1. The molecule has 1 rings (SSSR count). The van der Waals surface area contributed by atoms with Crippen molar-refractivity contribution in [3.05, 3.63) is 33.2 Å². The molecule has 1 heterocycles. The highest BCUT2D eigenvalue weighted by Gasteiger charge is 2.19. The summed E-state index contributed by atoms with van der Waals surface area (Å²) in [5, 5.41) is 0. The lowest BCUT2D eigenvalue weighted by Crippen LogP contribution is -2.16. The van der Waals surface area contributed by atoms with Crippen LogP contribution < -0.4 is 5.56 Å². The monoisotopic (exact) mass is 217 g/mol. The van der Waals surface area contributed by atoms with Crippen molar-refractivity contribution in [2.75, 3.05) is 7.11 Å². The number of nitrogens with one attached hydrogen (secondary N) is 1. The number of alkyl halides is 2. The van der Waals surface area contributed by atoms with E-state index >= 15 is 0 Å². The molecule has 15 heavy (non-hydrogen) atoms. The third-order valence-electron chi connectivity index (χ3n) is 1.96. The zero-order chi connectivity index (χ0) is 11.6. The zero-order valence-electron chi connectivity index (χ0n) is 8.14. The molecule has 0 radical (unpaired) electrons. The number of H-pyrrole nitrogens is 1. The summed E-state index contributed by atoms with van der Waals surface area (Å²) in [6.07, 6.45) is -2.83. The Morgan fingerprint density at radius 2 is 2.13 bits per heavy atom. The van der Waals surface area contributed by atoms with Crippen LogP contribution in [0.5, 0.6) is 0 Å². The molecule has 82 valence electrons. The third kappa shape index (κ3) is 2.20. The highest BCUT2D eigenvalue weighted by molar-refractivity contribution is 5.91. The smallest absolute Gasteiger partial charge is 0.338 e. The number of hydrogen-bond acceptors (Lipinski definition) is 3. The summed E-state index contributed by atoms with van der Waals surface area (Å²) in [7, 11) is 1.12. The molecule has 0 aromatic carbocycles. The maximum absolute atomic E-state index is 12.4. The fourth-order valence-corrected chi connectivity index (χ4v) is 1.19. The normalized spacial score (nSPS) is 10.5. The first-order valence-electron chi connectivity index (χ1n) is 4.07. The Bertz CT molecular complexity index is 439. The molecule has 6 heteroatoms.